The highest BCUT2D eigenvalue weighted by atomic mass is 35.7. The lowest BCUT2D eigenvalue weighted by Crippen LogP contribution is -2.28. The summed E-state index contributed by atoms with van der Waals surface area (Å²) in [5.74, 6) is -0.341. The van der Waals surface area contributed by atoms with Gasteiger partial charge in [-0.25, -0.2) is 8.42 Å². The van der Waals surface area contributed by atoms with Crippen molar-refractivity contribution < 1.29 is 13.2 Å². The fourth-order valence-corrected chi connectivity index (χ4v) is 2.56. The van der Waals surface area contributed by atoms with Crippen molar-refractivity contribution in [1.29, 1.82) is 0 Å². The van der Waals surface area contributed by atoms with E-state index in [0.717, 1.165) is 6.42 Å². The fourth-order valence-electron chi connectivity index (χ4n) is 1.50. The molecular formula is C11H14ClNO3S. The molecule has 1 amide bonds. The summed E-state index contributed by atoms with van der Waals surface area (Å²) in [6, 6.07) is 5.93. The predicted octanol–water partition coefficient (Wildman–Crippen LogP) is 2.10. The first-order valence-electron chi connectivity index (χ1n) is 5.17. The highest BCUT2D eigenvalue weighted by molar-refractivity contribution is 8.13. The van der Waals surface area contributed by atoms with E-state index in [0.29, 0.717) is 6.54 Å². The van der Waals surface area contributed by atoms with E-state index in [1.165, 1.54) is 23.1 Å². The maximum absolute atomic E-state index is 12.0. The molecule has 0 saturated heterocycles. The molecule has 0 aliphatic heterocycles. The molecule has 0 spiro atoms. The molecule has 4 nitrogen and oxygen atoms in total. The minimum absolute atomic E-state index is 0.110. The number of hydrogen-bond donors (Lipinski definition) is 0. The normalized spacial score (nSPS) is 11.2. The lowest BCUT2D eigenvalue weighted by atomic mass is 10.2. The lowest BCUT2D eigenvalue weighted by Gasteiger charge is -2.17. The standard InChI is InChI=1S/C11H14ClNO3S/c1-3-8-13(2)11(14)9-6-4-5-7-10(9)17(12,15)16/h4-7H,3,8H2,1-2H3. The monoisotopic (exact) mass is 275 g/mol. The molecule has 17 heavy (non-hydrogen) atoms. The van der Waals surface area contributed by atoms with E-state index >= 15 is 0 Å². The molecule has 0 atom stereocenters. The molecule has 6 heteroatoms. The van der Waals surface area contributed by atoms with Gasteiger partial charge < -0.3 is 4.90 Å². The molecule has 0 unspecified atom stereocenters. The van der Waals surface area contributed by atoms with Crippen LogP contribution in [0.3, 0.4) is 0 Å². The molecule has 1 aromatic carbocycles. The SMILES string of the molecule is CCCN(C)C(=O)c1ccccc1S(=O)(=O)Cl. The zero-order valence-electron chi connectivity index (χ0n) is 9.68. The van der Waals surface area contributed by atoms with Crippen molar-refractivity contribution in [3.63, 3.8) is 0 Å². The maximum Gasteiger partial charge on any atom is 0.262 e. The summed E-state index contributed by atoms with van der Waals surface area (Å²) in [6.07, 6.45) is 0.804. The smallest absolute Gasteiger partial charge is 0.262 e. The summed E-state index contributed by atoms with van der Waals surface area (Å²) in [4.78, 5) is 13.3. The number of benzene rings is 1. The van der Waals surface area contributed by atoms with E-state index in [1.54, 1.807) is 13.1 Å². The van der Waals surface area contributed by atoms with Gasteiger partial charge in [0.15, 0.2) is 0 Å². The van der Waals surface area contributed by atoms with Crippen LogP contribution in [-0.4, -0.2) is 32.8 Å². The second kappa shape index (κ2) is 5.51. The third kappa shape index (κ3) is 3.44. The van der Waals surface area contributed by atoms with Crippen LogP contribution in [0.15, 0.2) is 29.2 Å². The Balaban J connectivity index is 3.19. The zero-order chi connectivity index (χ0) is 13.1. The summed E-state index contributed by atoms with van der Waals surface area (Å²) >= 11 is 0. The molecule has 0 radical (unpaired) electrons. The average Bonchev–Trinajstić information content (AvgIpc) is 2.27. The highest BCUT2D eigenvalue weighted by Crippen LogP contribution is 2.20. The van der Waals surface area contributed by atoms with Gasteiger partial charge in [0.2, 0.25) is 0 Å². The first kappa shape index (κ1) is 14.0. The van der Waals surface area contributed by atoms with Gasteiger partial charge in [0.05, 0.1) is 10.5 Å². The molecule has 0 heterocycles. The third-order valence-electron chi connectivity index (χ3n) is 2.29. The van der Waals surface area contributed by atoms with Gasteiger partial charge in [0.25, 0.3) is 15.0 Å². The van der Waals surface area contributed by atoms with E-state index in [-0.39, 0.29) is 16.4 Å². The van der Waals surface area contributed by atoms with Gasteiger partial charge >= 0.3 is 0 Å². The molecule has 1 rings (SSSR count). The number of halogens is 1. The summed E-state index contributed by atoms with van der Waals surface area (Å²) in [5.41, 5.74) is 0.110. The van der Waals surface area contributed by atoms with Crippen molar-refractivity contribution >= 4 is 25.6 Å². The Morgan fingerprint density at radius 1 is 1.35 bits per heavy atom. The van der Waals surface area contributed by atoms with Crippen LogP contribution in [0.4, 0.5) is 0 Å². The lowest BCUT2D eigenvalue weighted by molar-refractivity contribution is 0.0791. The number of hydrogen-bond acceptors (Lipinski definition) is 3. The van der Waals surface area contributed by atoms with Crippen molar-refractivity contribution in [1.82, 2.24) is 4.90 Å². The van der Waals surface area contributed by atoms with Crippen molar-refractivity contribution in [2.75, 3.05) is 13.6 Å². The van der Waals surface area contributed by atoms with Crippen molar-refractivity contribution in [3.8, 4) is 0 Å². The van der Waals surface area contributed by atoms with E-state index in [4.69, 9.17) is 10.7 Å². The van der Waals surface area contributed by atoms with E-state index in [1.807, 2.05) is 6.92 Å². The van der Waals surface area contributed by atoms with Crippen molar-refractivity contribution in [2.24, 2.45) is 0 Å². The summed E-state index contributed by atoms with van der Waals surface area (Å²) in [5, 5.41) is 0. The van der Waals surface area contributed by atoms with E-state index in [2.05, 4.69) is 0 Å². The minimum atomic E-state index is -3.90. The molecule has 94 valence electrons. The van der Waals surface area contributed by atoms with Gasteiger partial charge in [-0.15, -0.1) is 0 Å². The topological polar surface area (TPSA) is 54.5 Å². The van der Waals surface area contributed by atoms with Crippen LogP contribution in [0.2, 0.25) is 0 Å². The molecule has 0 fully saturated rings. The number of rotatable bonds is 4. The number of amides is 1. The van der Waals surface area contributed by atoms with Crippen LogP contribution in [0, 0.1) is 0 Å². The maximum atomic E-state index is 12.0. The van der Waals surface area contributed by atoms with E-state index in [9.17, 15) is 13.2 Å². The Bertz CT molecular complexity index is 513. The largest absolute Gasteiger partial charge is 0.342 e. The molecule has 1 aromatic rings. The first-order valence-corrected chi connectivity index (χ1v) is 7.48. The van der Waals surface area contributed by atoms with Gasteiger partial charge in [-0.05, 0) is 18.6 Å². The van der Waals surface area contributed by atoms with Gasteiger partial charge in [0, 0.05) is 24.3 Å². The average molecular weight is 276 g/mol. The molecule has 0 bridgehead atoms. The van der Waals surface area contributed by atoms with Gasteiger partial charge in [0.1, 0.15) is 0 Å². The van der Waals surface area contributed by atoms with Crippen LogP contribution in [-0.2, 0) is 9.05 Å². The first-order chi connectivity index (χ1) is 7.88. The minimum Gasteiger partial charge on any atom is -0.342 e. The number of nitrogens with zero attached hydrogens (tertiary/aromatic N) is 1. The Morgan fingerprint density at radius 2 is 1.94 bits per heavy atom. The Kier molecular flexibility index (Phi) is 4.54. The Morgan fingerprint density at radius 3 is 2.47 bits per heavy atom. The fraction of sp³-hybridized carbons (Fsp3) is 0.364. The predicted molar refractivity (Wildman–Crippen MR) is 66.7 cm³/mol. The van der Waals surface area contributed by atoms with Crippen molar-refractivity contribution in [2.45, 2.75) is 18.2 Å². The van der Waals surface area contributed by atoms with Gasteiger partial charge in [-0.2, -0.15) is 0 Å². The summed E-state index contributed by atoms with van der Waals surface area (Å²) in [7, 11) is 3.02. The second-order valence-electron chi connectivity index (χ2n) is 3.66. The highest BCUT2D eigenvalue weighted by Gasteiger charge is 2.21. The molecule has 0 saturated carbocycles. The van der Waals surface area contributed by atoms with Gasteiger partial charge in [-0.3, -0.25) is 4.79 Å². The number of carbonyl (C=O) groups is 1. The van der Waals surface area contributed by atoms with Crippen LogP contribution >= 0.6 is 10.7 Å². The quantitative estimate of drug-likeness (QED) is 0.791. The van der Waals surface area contributed by atoms with Crippen LogP contribution in [0.1, 0.15) is 23.7 Å². The Labute approximate surface area is 106 Å². The van der Waals surface area contributed by atoms with Crippen molar-refractivity contribution in [3.05, 3.63) is 29.8 Å². The zero-order valence-corrected chi connectivity index (χ0v) is 11.3. The molecule has 0 aromatic heterocycles. The summed E-state index contributed by atoms with van der Waals surface area (Å²) in [6.45, 7) is 2.50. The molecular weight excluding hydrogens is 262 g/mol. The van der Waals surface area contributed by atoms with E-state index < -0.39 is 9.05 Å². The van der Waals surface area contributed by atoms with Gasteiger partial charge in [-0.1, -0.05) is 19.1 Å². The third-order valence-corrected chi connectivity index (χ3v) is 3.67. The summed E-state index contributed by atoms with van der Waals surface area (Å²) < 4.78 is 22.7. The Hall–Kier alpha value is -1.07. The van der Waals surface area contributed by atoms with Crippen LogP contribution in [0.5, 0.6) is 0 Å². The van der Waals surface area contributed by atoms with Crippen LogP contribution in [0.25, 0.3) is 0 Å². The number of carbonyl (C=O) groups excluding carboxylic acids is 1. The second-order valence-corrected chi connectivity index (χ2v) is 6.20. The van der Waals surface area contributed by atoms with Crippen LogP contribution < -0.4 is 0 Å². The molecule has 0 N–H and O–H groups in total. The molecule has 0 aliphatic carbocycles. The molecule has 0 aliphatic rings.